The summed E-state index contributed by atoms with van der Waals surface area (Å²) < 4.78 is 43.7. The minimum Gasteiger partial charge on any atom is -0.716 e. The molecule has 1 aromatic carbocycles. The maximum atomic E-state index is 11.3. The summed E-state index contributed by atoms with van der Waals surface area (Å²) in [7, 11) is -4.95. The second kappa shape index (κ2) is 13.1. The Bertz CT molecular complexity index is 910. The first-order valence-electron chi connectivity index (χ1n) is 11.9. The van der Waals surface area contributed by atoms with E-state index in [-0.39, 0.29) is 23.3 Å². The van der Waals surface area contributed by atoms with Gasteiger partial charge in [-0.25, -0.2) is 8.42 Å². The highest BCUT2D eigenvalue weighted by Crippen LogP contribution is 2.47. The molecule has 1 aliphatic carbocycles. The molecule has 1 aromatic rings. The lowest BCUT2D eigenvalue weighted by molar-refractivity contribution is -0.670. The fraction of sp³-hybridized carbons (Fsp3) is 0.600. The molecule has 0 aromatic heterocycles. The molecule has 1 saturated heterocycles. The van der Waals surface area contributed by atoms with Gasteiger partial charge >= 0.3 is 0 Å². The van der Waals surface area contributed by atoms with Gasteiger partial charge in [-0.2, -0.15) is 0 Å². The van der Waals surface area contributed by atoms with Gasteiger partial charge in [-0.1, -0.05) is 43.6 Å². The number of nitrogens with two attached hydrogens (primary N) is 1. The van der Waals surface area contributed by atoms with Gasteiger partial charge in [0.05, 0.1) is 26.3 Å². The molecule has 186 valence electrons. The smallest absolute Gasteiger partial charge is 0.262 e. The minimum atomic E-state index is -4.95. The molecule has 0 amide bonds. The molecule has 1 fully saturated rings. The Balaban J connectivity index is 0.000000554. The van der Waals surface area contributed by atoms with Crippen LogP contribution in [0.4, 0.5) is 0 Å². The third-order valence-corrected chi connectivity index (χ3v) is 6.47. The second-order valence-electron chi connectivity index (χ2n) is 8.98. The third-order valence-electron chi connectivity index (χ3n) is 6.09. The number of phenolic OH excluding ortho intramolecular Hbond substituents is 1. The average Bonchev–Trinajstić information content (AvgIpc) is 2.74. The van der Waals surface area contributed by atoms with Gasteiger partial charge in [-0.05, 0) is 63.1 Å². The molecule has 0 spiro atoms. The molecule has 2 atom stereocenters. The molecular formula is C25H39NO6S. The van der Waals surface area contributed by atoms with Crippen LogP contribution < -0.4 is 9.50 Å². The predicted octanol–water partition coefficient (Wildman–Crippen LogP) is 3.56. The highest BCUT2D eigenvalue weighted by molar-refractivity contribution is 7.81. The zero-order chi connectivity index (χ0) is 24.4. The molecule has 3 rings (SSSR count). The van der Waals surface area contributed by atoms with Crippen LogP contribution in [0.3, 0.4) is 0 Å². The van der Waals surface area contributed by atoms with Crippen LogP contribution in [0.15, 0.2) is 35.9 Å². The average molecular weight is 482 g/mol. The number of ether oxygens (including phenoxy) is 1. The van der Waals surface area contributed by atoms with Gasteiger partial charge in [-0.15, -0.1) is 0 Å². The molecule has 0 saturated carbocycles. The van der Waals surface area contributed by atoms with E-state index in [1.54, 1.807) is 12.1 Å². The number of hydrogen-bond acceptors (Lipinski definition) is 6. The summed E-state index contributed by atoms with van der Waals surface area (Å²) in [4.78, 5) is 0. The van der Waals surface area contributed by atoms with Crippen molar-refractivity contribution in [3.8, 4) is 11.5 Å². The van der Waals surface area contributed by atoms with Crippen LogP contribution >= 0.6 is 0 Å². The predicted molar refractivity (Wildman–Crippen MR) is 128 cm³/mol. The molecule has 7 nitrogen and oxygen atoms in total. The Labute approximate surface area is 198 Å². The largest absolute Gasteiger partial charge is 0.716 e. The van der Waals surface area contributed by atoms with Crippen LogP contribution in [-0.4, -0.2) is 44.4 Å². The number of unbranched alkanes of at least 4 members (excludes halogenated alkanes) is 2. The summed E-state index contributed by atoms with van der Waals surface area (Å²) in [5.74, 6) is -0.344. The highest BCUT2D eigenvalue weighted by atomic mass is 32.3. The van der Waals surface area contributed by atoms with Crippen LogP contribution in [0.1, 0.15) is 69.9 Å². The Kier molecular flexibility index (Phi) is 10.9. The lowest BCUT2D eigenvalue weighted by Crippen LogP contribution is -2.87. The van der Waals surface area contributed by atoms with Crippen molar-refractivity contribution >= 4 is 10.4 Å². The molecule has 1 aliphatic heterocycles. The van der Waals surface area contributed by atoms with E-state index < -0.39 is 10.4 Å². The van der Waals surface area contributed by atoms with E-state index in [0.717, 1.165) is 75.1 Å². The monoisotopic (exact) mass is 481 g/mol. The zero-order valence-electron chi connectivity index (χ0n) is 20.1. The standard InChI is InChI=1S/C21H30O5S.C4H9NO/c1-5-6-7-8-16-12-19(22)21(20(13-16)26-27(23,24)25)18-11-15(4)9-10-17(18)14(2)3;1-3-6-4-2-5-1/h11-13,17-18,22H,2,5-10H2,1,3-4H3,(H,23,24,25);5H,1-4H2/t17-,18+;/m0./s1. The Hall–Kier alpha value is -1.87. The van der Waals surface area contributed by atoms with Crippen molar-refractivity contribution in [2.75, 3.05) is 26.3 Å². The quantitative estimate of drug-likeness (QED) is 0.254. The second-order valence-corrected chi connectivity index (χ2v) is 9.97. The number of phenols is 1. The summed E-state index contributed by atoms with van der Waals surface area (Å²) >= 11 is 0. The number of allylic oxidation sites excluding steroid dienone is 3. The first kappa shape index (κ1) is 27.4. The highest BCUT2D eigenvalue weighted by Gasteiger charge is 2.31. The molecular weight excluding hydrogens is 442 g/mol. The maximum Gasteiger partial charge on any atom is 0.262 e. The van der Waals surface area contributed by atoms with Crippen LogP contribution in [0.25, 0.3) is 0 Å². The lowest BCUT2D eigenvalue weighted by Gasteiger charge is -2.32. The number of morpholine rings is 1. The number of benzene rings is 1. The molecule has 0 unspecified atom stereocenters. The molecule has 1 heterocycles. The fourth-order valence-corrected chi connectivity index (χ4v) is 4.75. The normalized spacial score (nSPS) is 20.9. The summed E-state index contributed by atoms with van der Waals surface area (Å²) in [5.41, 5.74) is 3.21. The minimum absolute atomic E-state index is 0.0372. The van der Waals surface area contributed by atoms with E-state index in [2.05, 4.69) is 18.8 Å². The van der Waals surface area contributed by atoms with Crippen molar-refractivity contribution < 1.29 is 32.3 Å². The van der Waals surface area contributed by atoms with E-state index in [1.165, 1.54) is 0 Å². The van der Waals surface area contributed by atoms with Gasteiger partial charge < -0.3 is 23.9 Å². The number of aryl methyl sites for hydroxylation is 1. The van der Waals surface area contributed by atoms with Crippen LogP contribution in [0.5, 0.6) is 11.5 Å². The topological polar surface area (TPSA) is 112 Å². The number of hydrogen-bond donors (Lipinski definition) is 2. The zero-order valence-corrected chi connectivity index (χ0v) is 21.0. The van der Waals surface area contributed by atoms with E-state index in [9.17, 15) is 18.1 Å². The lowest BCUT2D eigenvalue weighted by atomic mass is 9.73. The number of aromatic hydroxyl groups is 1. The van der Waals surface area contributed by atoms with Gasteiger partial charge in [0.15, 0.2) is 0 Å². The van der Waals surface area contributed by atoms with Crippen LogP contribution in [0.2, 0.25) is 0 Å². The molecule has 33 heavy (non-hydrogen) atoms. The summed E-state index contributed by atoms with van der Waals surface area (Å²) in [5, 5.41) is 13.0. The molecule has 3 N–H and O–H groups in total. The molecule has 0 bridgehead atoms. The van der Waals surface area contributed by atoms with Crippen molar-refractivity contribution in [2.24, 2.45) is 5.92 Å². The Morgan fingerprint density at radius 1 is 1.30 bits per heavy atom. The van der Waals surface area contributed by atoms with E-state index >= 15 is 0 Å². The Morgan fingerprint density at radius 2 is 2.00 bits per heavy atom. The van der Waals surface area contributed by atoms with Crippen molar-refractivity contribution in [1.82, 2.24) is 0 Å². The maximum absolute atomic E-state index is 11.3. The van der Waals surface area contributed by atoms with Crippen molar-refractivity contribution in [3.63, 3.8) is 0 Å². The third kappa shape index (κ3) is 9.12. The van der Waals surface area contributed by atoms with E-state index in [0.29, 0.717) is 12.0 Å². The van der Waals surface area contributed by atoms with E-state index in [4.69, 9.17) is 8.92 Å². The summed E-state index contributed by atoms with van der Waals surface area (Å²) in [6.07, 6.45) is 7.45. The molecule has 2 aliphatic rings. The number of rotatable bonds is 8. The van der Waals surface area contributed by atoms with Crippen LogP contribution in [0, 0.1) is 5.92 Å². The van der Waals surface area contributed by atoms with Gasteiger partial charge in [0, 0.05) is 11.5 Å². The van der Waals surface area contributed by atoms with Gasteiger partial charge in [-0.3, -0.25) is 0 Å². The van der Waals surface area contributed by atoms with Crippen LogP contribution in [-0.2, 0) is 21.6 Å². The van der Waals surface area contributed by atoms with Gasteiger partial charge in [0.2, 0.25) is 0 Å². The summed E-state index contributed by atoms with van der Waals surface area (Å²) in [6, 6.07) is 3.23. The SMILES string of the molecule is C1COCC[NH2+]1.C=C(C)[C@@H]1CCC(C)=C[C@H]1c1c(O)cc(CCCCC)cc1OS(=O)(=O)[O-]. The van der Waals surface area contributed by atoms with Crippen molar-refractivity contribution in [1.29, 1.82) is 0 Å². The first-order valence-corrected chi connectivity index (χ1v) is 13.2. The van der Waals surface area contributed by atoms with Crippen molar-refractivity contribution in [3.05, 3.63) is 47.1 Å². The first-order chi connectivity index (χ1) is 15.6. The molecule has 8 heteroatoms. The van der Waals surface area contributed by atoms with Gasteiger partial charge in [0.25, 0.3) is 10.4 Å². The van der Waals surface area contributed by atoms with Crippen molar-refractivity contribution in [2.45, 2.75) is 65.2 Å². The molecule has 0 radical (unpaired) electrons. The summed E-state index contributed by atoms with van der Waals surface area (Å²) in [6.45, 7) is 14.3. The van der Waals surface area contributed by atoms with Gasteiger partial charge in [0.1, 0.15) is 11.5 Å². The number of quaternary nitrogens is 1. The Morgan fingerprint density at radius 3 is 2.52 bits per heavy atom. The fourth-order valence-electron chi connectivity index (χ4n) is 4.39. The van der Waals surface area contributed by atoms with E-state index in [1.807, 2.05) is 19.9 Å².